The summed E-state index contributed by atoms with van der Waals surface area (Å²) in [5, 5.41) is 14.2. The van der Waals surface area contributed by atoms with Gasteiger partial charge in [0, 0.05) is 19.1 Å². The minimum Gasteiger partial charge on any atom is -0.481 e. The quantitative estimate of drug-likeness (QED) is 0.645. The van der Waals surface area contributed by atoms with Crippen LogP contribution < -0.4 is 10.6 Å². The molecule has 0 radical (unpaired) electrons. The van der Waals surface area contributed by atoms with Crippen LogP contribution in [-0.2, 0) is 9.53 Å². The van der Waals surface area contributed by atoms with E-state index in [0.29, 0.717) is 13.0 Å². The van der Waals surface area contributed by atoms with Gasteiger partial charge in [-0.05, 0) is 34.1 Å². The van der Waals surface area contributed by atoms with E-state index in [0.717, 1.165) is 0 Å². The molecular weight excluding hydrogens is 236 g/mol. The number of nitrogens with one attached hydrogen (secondary N) is 2. The van der Waals surface area contributed by atoms with Crippen molar-refractivity contribution in [3.05, 3.63) is 0 Å². The molecule has 0 saturated heterocycles. The molecule has 0 aromatic rings. The summed E-state index contributed by atoms with van der Waals surface area (Å²) in [5.74, 6) is -0.870. The lowest BCUT2D eigenvalue weighted by Gasteiger charge is -2.30. The number of rotatable bonds is 7. The molecule has 0 saturated carbocycles. The molecule has 0 bridgehead atoms. The normalized spacial score (nSPS) is 12.1. The van der Waals surface area contributed by atoms with Gasteiger partial charge in [-0.3, -0.25) is 4.79 Å². The Balaban J connectivity index is 4.25. The molecule has 106 valence electrons. The van der Waals surface area contributed by atoms with E-state index < -0.39 is 17.0 Å². The second kappa shape index (κ2) is 6.58. The van der Waals surface area contributed by atoms with Crippen LogP contribution in [0, 0.1) is 0 Å². The summed E-state index contributed by atoms with van der Waals surface area (Å²) in [7, 11) is 1.57. The van der Waals surface area contributed by atoms with Crippen LogP contribution in [0.25, 0.3) is 0 Å². The van der Waals surface area contributed by atoms with E-state index in [9.17, 15) is 9.59 Å². The van der Waals surface area contributed by atoms with Crippen molar-refractivity contribution in [2.75, 3.05) is 13.7 Å². The SMILES string of the molecule is COCC(C)(C)NC(=O)NC(C)(C)CCC(=O)O. The predicted octanol–water partition coefficient (Wildman–Crippen LogP) is 1.35. The van der Waals surface area contributed by atoms with Crippen molar-refractivity contribution >= 4 is 12.0 Å². The van der Waals surface area contributed by atoms with Gasteiger partial charge in [0.2, 0.25) is 0 Å². The lowest BCUT2D eigenvalue weighted by molar-refractivity contribution is -0.137. The fourth-order valence-corrected chi connectivity index (χ4v) is 1.52. The Hall–Kier alpha value is -1.30. The Morgan fingerprint density at radius 3 is 2.06 bits per heavy atom. The van der Waals surface area contributed by atoms with E-state index in [1.807, 2.05) is 13.8 Å². The maximum Gasteiger partial charge on any atom is 0.315 e. The number of aliphatic carboxylic acids is 1. The highest BCUT2D eigenvalue weighted by molar-refractivity contribution is 5.75. The number of carboxylic acids is 1. The summed E-state index contributed by atoms with van der Waals surface area (Å²) in [6, 6.07) is -0.326. The Bertz CT molecular complexity index is 300. The van der Waals surface area contributed by atoms with Gasteiger partial charge in [0.25, 0.3) is 0 Å². The van der Waals surface area contributed by atoms with Crippen LogP contribution in [0.15, 0.2) is 0 Å². The third kappa shape index (κ3) is 7.89. The highest BCUT2D eigenvalue weighted by Crippen LogP contribution is 2.11. The number of carboxylic acid groups (broad SMARTS) is 1. The van der Waals surface area contributed by atoms with E-state index in [-0.39, 0.29) is 12.5 Å². The summed E-state index contributed by atoms with van der Waals surface area (Å²) in [5.41, 5.74) is -1.03. The van der Waals surface area contributed by atoms with Crippen LogP contribution >= 0.6 is 0 Å². The minimum atomic E-state index is -0.870. The lowest BCUT2D eigenvalue weighted by Crippen LogP contribution is -2.55. The highest BCUT2D eigenvalue weighted by atomic mass is 16.5. The van der Waals surface area contributed by atoms with Gasteiger partial charge in [-0.2, -0.15) is 0 Å². The Morgan fingerprint density at radius 1 is 1.11 bits per heavy atom. The lowest BCUT2D eigenvalue weighted by atomic mass is 9.98. The molecule has 3 N–H and O–H groups in total. The molecule has 0 unspecified atom stereocenters. The first-order valence-corrected chi connectivity index (χ1v) is 5.89. The second-order valence-electron chi connectivity index (χ2n) is 5.67. The third-order valence-corrected chi connectivity index (χ3v) is 2.37. The van der Waals surface area contributed by atoms with Crippen molar-refractivity contribution in [2.24, 2.45) is 0 Å². The monoisotopic (exact) mass is 260 g/mol. The minimum absolute atomic E-state index is 0.0226. The van der Waals surface area contributed by atoms with Crippen molar-refractivity contribution in [2.45, 2.75) is 51.6 Å². The highest BCUT2D eigenvalue weighted by Gasteiger charge is 2.25. The molecule has 0 aliphatic rings. The van der Waals surface area contributed by atoms with Gasteiger partial charge in [-0.25, -0.2) is 4.79 Å². The van der Waals surface area contributed by atoms with Crippen LogP contribution in [0.4, 0.5) is 4.79 Å². The van der Waals surface area contributed by atoms with Gasteiger partial charge in [-0.1, -0.05) is 0 Å². The molecular formula is C12H24N2O4. The molecule has 2 amide bonds. The maximum absolute atomic E-state index is 11.8. The number of carbonyl (C=O) groups excluding carboxylic acids is 1. The standard InChI is InChI=1S/C12H24N2O4/c1-11(2,7-6-9(15)16)13-10(17)14-12(3,4)8-18-5/h6-8H2,1-5H3,(H,15,16)(H2,13,14,17). The number of carbonyl (C=O) groups is 2. The molecule has 0 rings (SSSR count). The molecule has 0 atom stereocenters. The van der Waals surface area contributed by atoms with Crippen LogP contribution in [0.1, 0.15) is 40.5 Å². The third-order valence-electron chi connectivity index (χ3n) is 2.37. The van der Waals surface area contributed by atoms with Crippen LogP contribution in [0.5, 0.6) is 0 Å². The maximum atomic E-state index is 11.8. The average molecular weight is 260 g/mol. The first-order chi connectivity index (χ1) is 8.08. The van der Waals surface area contributed by atoms with E-state index in [1.165, 1.54) is 0 Å². The summed E-state index contributed by atoms with van der Waals surface area (Å²) in [6.07, 6.45) is 0.398. The van der Waals surface area contributed by atoms with Gasteiger partial charge in [0.15, 0.2) is 0 Å². The second-order valence-corrected chi connectivity index (χ2v) is 5.67. The smallest absolute Gasteiger partial charge is 0.315 e. The zero-order valence-electron chi connectivity index (χ0n) is 11.8. The summed E-state index contributed by atoms with van der Waals surface area (Å²) < 4.78 is 5.00. The van der Waals surface area contributed by atoms with Crippen molar-refractivity contribution in [3.8, 4) is 0 Å². The summed E-state index contributed by atoms with van der Waals surface area (Å²) in [6.45, 7) is 7.67. The van der Waals surface area contributed by atoms with E-state index in [1.54, 1.807) is 21.0 Å². The largest absolute Gasteiger partial charge is 0.481 e. The Labute approximate surface area is 108 Å². The molecule has 0 aromatic heterocycles. The van der Waals surface area contributed by atoms with Crippen LogP contribution in [-0.4, -0.2) is 41.9 Å². The van der Waals surface area contributed by atoms with Crippen LogP contribution in [0.2, 0.25) is 0 Å². The number of amides is 2. The van der Waals surface area contributed by atoms with Gasteiger partial charge >= 0.3 is 12.0 Å². The van der Waals surface area contributed by atoms with E-state index in [4.69, 9.17) is 9.84 Å². The fourth-order valence-electron chi connectivity index (χ4n) is 1.52. The van der Waals surface area contributed by atoms with Gasteiger partial charge in [0.05, 0.1) is 12.1 Å². The van der Waals surface area contributed by atoms with Gasteiger partial charge in [-0.15, -0.1) is 0 Å². The first-order valence-electron chi connectivity index (χ1n) is 5.89. The zero-order valence-corrected chi connectivity index (χ0v) is 11.8. The molecule has 0 aromatic carbocycles. The first kappa shape index (κ1) is 16.7. The molecule has 0 spiro atoms. The van der Waals surface area contributed by atoms with Gasteiger partial charge in [0.1, 0.15) is 0 Å². The summed E-state index contributed by atoms with van der Waals surface area (Å²) >= 11 is 0. The average Bonchev–Trinajstić information content (AvgIpc) is 2.12. The van der Waals surface area contributed by atoms with E-state index in [2.05, 4.69) is 10.6 Å². The number of hydrogen-bond acceptors (Lipinski definition) is 3. The van der Waals surface area contributed by atoms with Crippen molar-refractivity contribution in [1.29, 1.82) is 0 Å². The molecule has 0 aliphatic carbocycles. The van der Waals surface area contributed by atoms with E-state index >= 15 is 0 Å². The van der Waals surface area contributed by atoms with Crippen molar-refractivity contribution < 1.29 is 19.4 Å². The zero-order chi connectivity index (χ0) is 14.4. The number of ether oxygens (including phenoxy) is 1. The van der Waals surface area contributed by atoms with Crippen molar-refractivity contribution in [3.63, 3.8) is 0 Å². The number of hydrogen-bond donors (Lipinski definition) is 3. The molecule has 0 aliphatic heterocycles. The topological polar surface area (TPSA) is 87.7 Å². The number of methoxy groups -OCH3 is 1. The van der Waals surface area contributed by atoms with Crippen molar-refractivity contribution in [1.82, 2.24) is 10.6 Å². The number of urea groups is 1. The summed E-state index contributed by atoms with van der Waals surface area (Å²) in [4.78, 5) is 22.3. The van der Waals surface area contributed by atoms with Crippen LogP contribution in [0.3, 0.4) is 0 Å². The Kier molecular flexibility index (Phi) is 6.11. The molecule has 0 fully saturated rings. The fraction of sp³-hybridized carbons (Fsp3) is 0.833. The molecule has 18 heavy (non-hydrogen) atoms. The molecule has 0 heterocycles. The molecule has 6 heteroatoms. The Morgan fingerprint density at radius 2 is 1.61 bits per heavy atom. The predicted molar refractivity (Wildman–Crippen MR) is 68.6 cm³/mol. The van der Waals surface area contributed by atoms with Gasteiger partial charge < -0.3 is 20.5 Å². The molecule has 6 nitrogen and oxygen atoms in total.